The third-order valence-corrected chi connectivity index (χ3v) is 4.41. The first-order chi connectivity index (χ1) is 8.61. The van der Waals surface area contributed by atoms with Gasteiger partial charge in [-0.3, -0.25) is 0 Å². The van der Waals surface area contributed by atoms with Gasteiger partial charge in [0.1, 0.15) is 5.75 Å². The lowest BCUT2D eigenvalue weighted by molar-refractivity contribution is 0.335. The van der Waals surface area contributed by atoms with E-state index in [4.69, 9.17) is 10.5 Å². The smallest absolute Gasteiger partial charge is 0.124 e. The second-order valence-corrected chi connectivity index (χ2v) is 6.59. The van der Waals surface area contributed by atoms with Gasteiger partial charge in [-0.05, 0) is 48.0 Å². The van der Waals surface area contributed by atoms with Crippen molar-refractivity contribution in [3.05, 3.63) is 50.1 Å². The molecule has 2 rings (SSSR count). The van der Waals surface area contributed by atoms with E-state index in [2.05, 4.69) is 35.0 Å². The highest BCUT2D eigenvalue weighted by molar-refractivity contribution is 9.11. The molecule has 1 heterocycles. The van der Waals surface area contributed by atoms with Crippen LogP contribution in [0.1, 0.15) is 29.0 Å². The summed E-state index contributed by atoms with van der Waals surface area (Å²) in [7, 11) is 0. The molecule has 1 atom stereocenters. The molecule has 1 aromatic heterocycles. The number of halogens is 1. The minimum atomic E-state index is -0.136. The van der Waals surface area contributed by atoms with Crippen molar-refractivity contribution in [2.75, 3.05) is 6.61 Å². The normalized spacial score (nSPS) is 12.4. The SMILES string of the molecule is CCOc1ccc(C)cc1C(N)c1ccc(Br)s1. The number of hydrogen-bond donors (Lipinski definition) is 1. The van der Waals surface area contributed by atoms with E-state index in [9.17, 15) is 0 Å². The molecule has 0 amide bonds. The molecule has 0 fully saturated rings. The van der Waals surface area contributed by atoms with E-state index >= 15 is 0 Å². The van der Waals surface area contributed by atoms with Gasteiger partial charge in [-0.2, -0.15) is 0 Å². The molecular weight excluding hydrogens is 310 g/mol. The summed E-state index contributed by atoms with van der Waals surface area (Å²) in [6.07, 6.45) is 0. The van der Waals surface area contributed by atoms with Crippen molar-refractivity contribution in [1.82, 2.24) is 0 Å². The maximum Gasteiger partial charge on any atom is 0.124 e. The fourth-order valence-electron chi connectivity index (χ4n) is 1.85. The molecule has 0 aliphatic carbocycles. The van der Waals surface area contributed by atoms with Crippen LogP contribution in [0.5, 0.6) is 5.75 Å². The molecular formula is C14H16BrNOS. The Balaban J connectivity index is 2.39. The molecule has 0 saturated carbocycles. The molecule has 18 heavy (non-hydrogen) atoms. The molecule has 0 aliphatic rings. The zero-order valence-electron chi connectivity index (χ0n) is 10.4. The van der Waals surface area contributed by atoms with Gasteiger partial charge in [-0.15, -0.1) is 11.3 Å². The van der Waals surface area contributed by atoms with Crippen molar-refractivity contribution in [3.8, 4) is 5.75 Å². The summed E-state index contributed by atoms with van der Waals surface area (Å²) in [5.74, 6) is 0.875. The van der Waals surface area contributed by atoms with Crippen LogP contribution in [0.15, 0.2) is 34.1 Å². The Bertz CT molecular complexity index is 538. The molecule has 2 N–H and O–H groups in total. The summed E-state index contributed by atoms with van der Waals surface area (Å²) in [6.45, 7) is 4.70. The van der Waals surface area contributed by atoms with Crippen molar-refractivity contribution >= 4 is 27.3 Å². The molecule has 1 unspecified atom stereocenters. The first kappa shape index (κ1) is 13.6. The van der Waals surface area contributed by atoms with Crippen LogP contribution in [0.2, 0.25) is 0 Å². The number of nitrogens with two attached hydrogens (primary N) is 1. The molecule has 0 aliphatic heterocycles. The van der Waals surface area contributed by atoms with Crippen LogP contribution in [0.4, 0.5) is 0 Å². The van der Waals surface area contributed by atoms with Crippen LogP contribution in [0.3, 0.4) is 0 Å². The number of benzene rings is 1. The van der Waals surface area contributed by atoms with E-state index in [1.165, 1.54) is 5.56 Å². The number of thiophene rings is 1. The number of hydrogen-bond acceptors (Lipinski definition) is 3. The second-order valence-electron chi connectivity index (χ2n) is 4.09. The molecule has 2 nitrogen and oxygen atoms in total. The fourth-order valence-corrected chi connectivity index (χ4v) is 3.29. The van der Waals surface area contributed by atoms with Crippen LogP contribution in [0, 0.1) is 6.92 Å². The lowest BCUT2D eigenvalue weighted by Crippen LogP contribution is -2.12. The largest absolute Gasteiger partial charge is 0.494 e. The van der Waals surface area contributed by atoms with Crippen molar-refractivity contribution in [2.45, 2.75) is 19.9 Å². The lowest BCUT2D eigenvalue weighted by atomic mass is 10.0. The van der Waals surface area contributed by atoms with E-state index in [0.717, 1.165) is 20.0 Å². The fraction of sp³-hybridized carbons (Fsp3) is 0.286. The molecule has 4 heteroatoms. The highest BCUT2D eigenvalue weighted by atomic mass is 79.9. The van der Waals surface area contributed by atoms with Gasteiger partial charge >= 0.3 is 0 Å². The minimum absolute atomic E-state index is 0.136. The standard InChI is InChI=1S/C14H16BrNOS/c1-3-17-11-5-4-9(2)8-10(11)14(16)12-6-7-13(15)18-12/h4-8,14H,3,16H2,1-2H3. The quantitative estimate of drug-likeness (QED) is 0.911. The Morgan fingerprint density at radius 2 is 2.11 bits per heavy atom. The number of rotatable bonds is 4. The van der Waals surface area contributed by atoms with Crippen LogP contribution >= 0.6 is 27.3 Å². The number of ether oxygens (including phenoxy) is 1. The Hall–Kier alpha value is -0.840. The molecule has 96 valence electrons. The summed E-state index contributed by atoms with van der Waals surface area (Å²) in [6, 6.07) is 10.1. The van der Waals surface area contributed by atoms with Gasteiger partial charge in [0.05, 0.1) is 16.4 Å². The predicted octanol–water partition coefficient (Wildman–Crippen LogP) is 4.27. The van der Waals surface area contributed by atoms with Crippen molar-refractivity contribution in [1.29, 1.82) is 0 Å². The first-order valence-electron chi connectivity index (χ1n) is 5.86. The molecule has 2 aromatic rings. The van der Waals surface area contributed by atoms with Crippen LogP contribution in [-0.2, 0) is 0 Å². The molecule has 1 aromatic carbocycles. The van der Waals surface area contributed by atoms with Crippen LogP contribution in [0.25, 0.3) is 0 Å². The molecule has 0 spiro atoms. The van der Waals surface area contributed by atoms with Gasteiger partial charge in [0, 0.05) is 10.4 Å². The van der Waals surface area contributed by atoms with Gasteiger partial charge in [0.15, 0.2) is 0 Å². The Morgan fingerprint density at radius 3 is 2.72 bits per heavy atom. The van der Waals surface area contributed by atoms with E-state index < -0.39 is 0 Å². The van der Waals surface area contributed by atoms with Crippen molar-refractivity contribution in [2.24, 2.45) is 5.73 Å². The zero-order valence-corrected chi connectivity index (χ0v) is 12.8. The van der Waals surface area contributed by atoms with Crippen LogP contribution < -0.4 is 10.5 Å². The van der Waals surface area contributed by atoms with Gasteiger partial charge in [-0.1, -0.05) is 17.7 Å². The second kappa shape index (κ2) is 5.87. The van der Waals surface area contributed by atoms with Gasteiger partial charge < -0.3 is 10.5 Å². The topological polar surface area (TPSA) is 35.2 Å². The summed E-state index contributed by atoms with van der Waals surface area (Å²) < 4.78 is 6.75. The van der Waals surface area contributed by atoms with E-state index in [0.29, 0.717) is 6.61 Å². The van der Waals surface area contributed by atoms with Gasteiger partial charge in [0.2, 0.25) is 0 Å². The van der Waals surface area contributed by atoms with E-state index in [1.807, 2.05) is 25.1 Å². The zero-order chi connectivity index (χ0) is 13.1. The Labute approximate surface area is 120 Å². The average Bonchev–Trinajstić information content (AvgIpc) is 2.77. The lowest BCUT2D eigenvalue weighted by Gasteiger charge is -2.16. The first-order valence-corrected chi connectivity index (χ1v) is 7.47. The monoisotopic (exact) mass is 325 g/mol. The van der Waals surface area contributed by atoms with Gasteiger partial charge in [0.25, 0.3) is 0 Å². The number of aryl methyl sites for hydroxylation is 1. The minimum Gasteiger partial charge on any atom is -0.494 e. The molecule has 0 radical (unpaired) electrons. The summed E-state index contributed by atoms with van der Waals surface area (Å²) >= 11 is 5.13. The predicted molar refractivity (Wildman–Crippen MR) is 80.4 cm³/mol. The van der Waals surface area contributed by atoms with Crippen LogP contribution in [-0.4, -0.2) is 6.61 Å². The van der Waals surface area contributed by atoms with Gasteiger partial charge in [-0.25, -0.2) is 0 Å². The summed E-state index contributed by atoms with van der Waals surface area (Å²) in [5, 5.41) is 0. The van der Waals surface area contributed by atoms with Crippen molar-refractivity contribution < 1.29 is 4.74 Å². The average molecular weight is 326 g/mol. The third kappa shape index (κ3) is 2.94. The van der Waals surface area contributed by atoms with E-state index in [1.54, 1.807) is 11.3 Å². The maximum absolute atomic E-state index is 6.34. The highest BCUT2D eigenvalue weighted by Crippen LogP contribution is 2.34. The summed E-state index contributed by atoms with van der Waals surface area (Å²) in [5.41, 5.74) is 8.58. The molecule has 0 bridgehead atoms. The van der Waals surface area contributed by atoms with Crippen molar-refractivity contribution in [3.63, 3.8) is 0 Å². The highest BCUT2D eigenvalue weighted by Gasteiger charge is 2.16. The summed E-state index contributed by atoms with van der Waals surface area (Å²) in [4.78, 5) is 1.13. The van der Waals surface area contributed by atoms with E-state index in [-0.39, 0.29) is 6.04 Å². The third-order valence-electron chi connectivity index (χ3n) is 2.70. The Morgan fingerprint density at radius 1 is 1.33 bits per heavy atom. The molecule has 0 saturated heterocycles. The Kier molecular flexibility index (Phi) is 4.43. The maximum atomic E-state index is 6.34.